The van der Waals surface area contributed by atoms with Crippen molar-refractivity contribution in [2.45, 2.75) is 133 Å². The number of hydrogen-bond acceptors (Lipinski definition) is 17. The summed E-state index contributed by atoms with van der Waals surface area (Å²) < 4.78 is 40.7. The summed E-state index contributed by atoms with van der Waals surface area (Å²) in [7, 11) is 1.36. The minimum atomic E-state index is -1.73. The van der Waals surface area contributed by atoms with Gasteiger partial charge in [0.2, 0.25) is 5.91 Å². The van der Waals surface area contributed by atoms with E-state index in [2.05, 4.69) is 10.1 Å². The monoisotopic (exact) mass is 709 g/mol. The van der Waals surface area contributed by atoms with Crippen LogP contribution in [0.25, 0.3) is 0 Å². The number of unbranched alkanes of at least 4 members (excludes halogenated alkanes) is 5. The first-order valence-electron chi connectivity index (χ1n) is 16.8. The van der Waals surface area contributed by atoms with E-state index < -0.39 is 105 Å². The number of carboxylic acid groups (broad SMARTS) is 1. The summed E-state index contributed by atoms with van der Waals surface area (Å²) in [6.07, 6.45) is -9.00. The number of hydrogen-bond donors (Lipinski definition) is 6. The molecule has 6 N–H and O–H groups in total. The normalized spacial score (nSPS) is 35.5. The SMILES string of the molecule is COC(=O)CCCCCCCCO[C@@H]1O[C@H](CO)[C@@H](O[C@H]2CN(CC(=O)[O-])C[C@@H](CO)O2)[C@H](O[C@@H]2O[C@@H](C)[C@@H](O)[C@@H](O)[C@@H]2O)[C@H]1NC(C)=O. The van der Waals surface area contributed by atoms with Crippen LogP contribution in [0, 0.1) is 0 Å². The van der Waals surface area contributed by atoms with E-state index in [4.69, 9.17) is 28.4 Å². The van der Waals surface area contributed by atoms with Crippen molar-refractivity contribution in [2.24, 2.45) is 0 Å². The van der Waals surface area contributed by atoms with E-state index in [0.29, 0.717) is 12.8 Å². The Kier molecular flexibility index (Phi) is 17.5. The summed E-state index contributed by atoms with van der Waals surface area (Å²) in [5.41, 5.74) is 0. The van der Waals surface area contributed by atoms with Crippen molar-refractivity contribution < 1.29 is 78.2 Å². The van der Waals surface area contributed by atoms with Crippen molar-refractivity contribution in [1.29, 1.82) is 0 Å². The van der Waals surface area contributed by atoms with E-state index >= 15 is 0 Å². The van der Waals surface area contributed by atoms with Crippen LogP contribution < -0.4 is 10.4 Å². The first kappa shape index (κ1) is 41.4. The van der Waals surface area contributed by atoms with Gasteiger partial charge in [-0.05, 0) is 19.8 Å². The Hall–Kier alpha value is -2.07. The number of nitrogens with one attached hydrogen (secondary N) is 1. The molecule has 12 atom stereocenters. The predicted octanol–water partition coefficient (Wildman–Crippen LogP) is -3.50. The van der Waals surface area contributed by atoms with Crippen molar-refractivity contribution >= 4 is 17.8 Å². The zero-order valence-electron chi connectivity index (χ0n) is 28.3. The van der Waals surface area contributed by atoms with Gasteiger partial charge in [-0.15, -0.1) is 0 Å². The molecular formula is C31H53N2O16-. The van der Waals surface area contributed by atoms with Gasteiger partial charge in [0, 0.05) is 33.0 Å². The molecule has 18 nitrogen and oxygen atoms in total. The molecule has 3 fully saturated rings. The van der Waals surface area contributed by atoms with E-state index in [1.54, 1.807) is 0 Å². The number of aliphatic carboxylic acids is 1. The van der Waals surface area contributed by atoms with Crippen LogP contribution >= 0.6 is 0 Å². The smallest absolute Gasteiger partial charge is 0.305 e. The molecule has 3 aliphatic heterocycles. The minimum Gasteiger partial charge on any atom is -0.549 e. The van der Waals surface area contributed by atoms with E-state index in [0.717, 1.165) is 32.1 Å². The highest BCUT2D eigenvalue weighted by Crippen LogP contribution is 2.32. The fourth-order valence-electron chi connectivity index (χ4n) is 6.10. The molecule has 0 saturated carbocycles. The molecule has 0 radical (unpaired) electrons. The lowest BCUT2D eigenvalue weighted by molar-refractivity contribution is -0.360. The number of esters is 1. The number of carbonyl (C=O) groups excluding carboxylic acids is 3. The maximum absolute atomic E-state index is 12.5. The summed E-state index contributed by atoms with van der Waals surface area (Å²) in [6, 6.07) is -1.13. The first-order chi connectivity index (χ1) is 23.4. The van der Waals surface area contributed by atoms with Crippen molar-refractivity contribution in [3.05, 3.63) is 0 Å². The summed E-state index contributed by atoms with van der Waals surface area (Å²) in [6.45, 7) is 1.37. The largest absolute Gasteiger partial charge is 0.549 e. The third-order valence-electron chi connectivity index (χ3n) is 8.66. The Bertz CT molecular complexity index is 1020. The lowest BCUT2D eigenvalue weighted by Gasteiger charge is -2.49. The van der Waals surface area contributed by atoms with Gasteiger partial charge in [0.1, 0.15) is 42.7 Å². The second kappa shape index (κ2) is 20.7. The Balaban J connectivity index is 1.79. The minimum absolute atomic E-state index is 0.0764. The number of ether oxygens (including phenoxy) is 7. The molecule has 0 aliphatic carbocycles. The molecule has 1 amide bonds. The third-order valence-corrected chi connectivity index (χ3v) is 8.66. The van der Waals surface area contributed by atoms with Crippen molar-refractivity contribution in [3.63, 3.8) is 0 Å². The summed E-state index contributed by atoms with van der Waals surface area (Å²) in [5, 5.41) is 65.7. The van der Waals surface area contributed by atoms with Gasteiger partial charge in [-0.3, -0.25) is 14.5 Å². The molecule has 284 valence electrons. The van der Waals surface area contributed by atoms with E-state index in [9.17, 15) is 45.0 Å². The van der Waals surface area contributed by atoms with Gasteiger partial charge in [0.25, 0.3) is 0 Å². The van der Waals surface area contributed by atoms with Gasteiger partial charge in [0.05, 0.1) is 45.0 Å². The molecule has 18 heteroatoms. The van der Waals surface area contributed by atoms with E-state index in [1.807, 2.05) is 0 Å². The van der Waals surface area contributed by atoms with Crippen molar-refractivity contribution in [3.8, 4) is 0 Å². The van der Waals surface area contributed by atoms with Crippen LogP contribution in [-0.4, -0.2) is 169 Å². The van der Waals surface area contributed by atoms with Gasteiger partial charge in [0.15, 0.2) is 18.9 Å². The van der Waals surface area contributed by atoms with Crippen LogP contribution in [0.2, 0.25) is 0 Å². The molecule has 0 unspecified atom stereocenters. The van der Waals surface area contributed by atoms with Crippen LogP contribution in [0.3, 0.4) is 0 Å². The highest BCUT2D eigenvalue weighted by molar-refractivity contribution is 5.73. The number of carboxylic acids is 1. The molecule has 49 heavy (non-hydrogen) atoms. The highest BCUT2D eigenvalue weighted by atomic mass is 16.8. The average molecular weight is 710 g/mol. The Morgan fingerprint density at radius 1 is 0.857 bits per heavy atom. The number of nitrogens with zero attached hydrogens (tertiary/aromatic N) is 1. The van der Waals surface area contributed by atoms with Gasteiger partial charge < -0.3 is 73.9 Å². The standard InChI is InChI=1S/C31H54N2O16/c1-17-25(40)26(41)27(42)31(45-17)49-29-24(32-18(2)36)30(44-11-9-7-5-4-6-8-10-22(39)43-3)47-20(16-35)28(29)48-23-14-33(13-21(37)38)12-19(15-34)46-23/h17,19-20,23-31,34-35,40-42H,4-16H2,1-3H3,(H,32,36)(H,37,38)/p-1/t17-,19-,20+,23-,24+,25+,26+,27-,28+,29+,30+,31-/m0/s1. The van der Waals surface area contributed by atoms with Crippen molar-refractivity contribution in [2.75, 3.05) is 46.6 Å². The zero-order valence-corrected chi connectivity index (χ0v) is 28.3. The summed E-state index contributed by atoms with van der Waals surface area (Å²) in [4.78, 5) is 36.5. The third kappa shape index (κ3) is 12.6. The first-order valence-corrected chi connectivity index (χ1v) is 16.8. The molecule has 0 aromatic heterocycles. The van der Waals surface area contributed by atoms with E-state index in [1.165, 1.54) is 25.9 Å². The second-order valence-corrected chi connectivity index (χ2v) is 12.6. The number of rotatable bonds is 19. The van der Waals surface area contributed by atoms with Crippen LogP contribution in [0.5, 0.6) is 0 Å². The molecule has 3 rings (SSSR count). The predicted molar refractivity (Wildman–Crippen MR) is 163 cm³/mol. The van der Waals surface area contributed by atoms with Gasteiger partial charge in [-0.2, -0.15) is 0 Å². The number of carbonyl (C=O) groups is 3. The Morgan fingerprint density at radius 2 is 1.55 bits per heavy atom. The molecule has 3 aliphatic rings. The zero-order chi connectivity index (χ0) is 36.1. The Labute approximate surface area is 285 Å². The van der Waals surface area contributed by atoms with Crippen LogP contribution in [-0.2, 0) is 47.5 Å². The van der Waals surface area contributed by atoms with Crippen LogP contribution in [0.15, 0.2) is 0 Å². The topological polar surface area (TPSA) is 255 Å². The number of methoxy groups -OCH3 is 1. The lowest BCUT2D eigenvalue weighted by atomic mass is 9.95. The molecular weight excluding hydrogens is 656 g/mol. The Morgan fingerprint density at radius 3 is 2.18 bits per heavy atom. The van der Waals surface area contributed by atoms with Crippen LogP contribution in [0.4, 0.5) is 0 Å². The quantitative estimate of drug-likeness (QED) is 0.0562. The van der Waals surface area contributed by atoms with Gasteiger partial charge >= 0.3 is 5.97 Å². The number of aliphatic hydroxyl groups excluding tert-OH is 5. The number of morpholine rings is 1. The lowest BCUT2D eigenvalue weighted by Crippen LogP contribution is -2.69. The van der Waals surface area contributed by atoms with Crippen molar-refractivity contribution in [1.82, 2.24) is 10.2 Å². The molecule has 0 aromatic carbocycles. The van der Waals surface area contributed by atoms with E-state index in [-0.39, 0.29) is 25.7 Å². The fourth-order valence-corrected chi connectivity index (χ4v) is 6.10. The van der Waals surface area contributed by atoms with Crippen LogP contribution in [0.1, 0.15) is 58.8 Å². The maximum atomic E-state index is 12.5. The van der Waals surface area contributed by atoms with Gasteiger partial charge in [-0.1, -0.05) is 25.7 Å². The molecule has 0 aromatic rings. The molecule has 0 bridgehead atoms. The summed E-state index contributed by atoms with van der Waals surface area (Å²) >= 11 is 0. The number of aliphatic hydroxyl groups is 5. The molecule has 3 saturated heterocycles. The van der Waals surface area contributed by atoms with Gasteiger partial charge in [-0.25, -0.2) is 0 Å². The summed E-state index contributed by atoms with van der Waals surface area (Å²) in [5.74, 6) is -2.10. The number of amides is 1. The maximum Gasteiger partial charge on any atom is 0.305 e. The average Bonchev–Trinajstić information content (AvgIpc) is 3.06. The highest BCUT2D eigenvalue weighted by Gasteiger charge is 2.53. The second-order valence-electron chi connectivity index (χ2n) is 12.6. The molecule has 3 heterocycles. The fraction of sp³-hybridized carbons (Fsp3) is 0.903. The molecule has 0 spiro atoms.